The highest BCUT2D eigenvalue weighted by atomic mass is 35.5. The summed E-state index contributed by atoms with van der Waals surface area (Å²) < 4.78 is 12.4. The molecule has 7 nitrogen and oxygen atoms in total. The molecular weight excluding hydrogens is 379 g/mol. The topological polar surface area (TPSA) is 91.4 Å². The lowest BCUT2D eigenvalue weighted by Gasteiger charge is -2.14. The van der Waals surface area contributed by atoms with Gasteiger partial charge in [0.2, 0.25) is 12.7 Å². The number of carbonyl (C=O) groups excluding carboxylic acids is 1. The molecule has 2 heterocycles. The molecule has 3 N–H and O–H groups in total. The van der Waals surface area contributed by atoms with Gasteiger partial charge in [-0.1, -0.05) is 6.92 Å². The number of anilines is 2. The van der Waals surface area contributed by atoms with E-state index in [2.05, 4.69) is 10.4 Å². The van der Waals surface area contributed by atoms with Crippen LogP contribution in [-0.2, 0) is 18.3 Å². The maximum absolute atomic E-state index is 12.5. The van der Waals surface area contributed by atoms with Crippen molar-refractivity contribution < 1.29 is 14.3 Å². The number of hydrogen-bond acceptors (Lipinski definition) is 5. The first kappa shape index (κ1) is 21.9. The summed E-state index contributed by atoms with van der Waals surface area (Å²) in [5.74, 6) is 0.880. The van der Waals surface area contributed by atoms with E-state index in [1.54, 1.807) is 12.1 Å². The second-order valence-corrected chi connectivity index (χ2v) is 6.16. The summed E-state index contributed by atoms with van der Waals surface area (Å²) in [5, 5.41) is 7.27. The van der Waals surface area contributed by atoms with Crippen LogP contribution in [-0.4, -0.2) is 22.5 Å². The van der Waals surface area contributed by atoms with Crippen LogP contribution >= 0.6 is 24.8 Å². The summed E-state index contributed by atoms with van der Waals surface area (Å²) in [6.45, 7) is 6.03. The summed E-state index contributed by atoms with van der Waals surface area (Å²) in [7, 11) is 1.91. The van der Waals surface area contributed by atoms with Gasteiger partial charge in [0.15, 0.2) is 11.5 Å². The van der Waals surface area contributed by atoms with Gasteiger partial charge in [-0.3, -0.25) is 9.48 Å². The van der Waals surface area contributed by atoms with Crippen LogP contribution in [0, 0.1) is 19.8 Å². The van der Waals surface area contributed by atoms with E-state index < -0.39 is 0 Å². The fourth-order valence-electron chi connectivity index (χ4n) is 2.83. The molecule has 1 aromatic heterocycles. The lowest BCUT2D eigenvalue weighted by Crippen LogP contribution is -2.23. The van der Waals surface area contributed by atoms with E-state index in [0.29, 0.717) is 29.3 Å². The number of fused-ring (bicyclic) bond motifs is 1. The van der Waals surface area contributed by atoms with Crippen molar-refractivity contribution >= 4 is 42.1 Å². The summed E-state index contributed by atoms with van der Waals surface area (Å²) in [4.78, 5) is 12.5. The Balaban J connectivity index is 0.00000169. The van der Waals surface area contributed by atoms with Crippen molar-refractivity contribution in [2.24, 2.45) is 13.0 Å². The fourth-order valence-corrected chi connectivity index (χ4v) is 2.83. The monoisotopic (exact) mass is 402 g/mol. The normalized spacial score (nSPS) is 12.8. The molecule has 0 bridgehead atoms. The number of nitrogens with two attached hydrogens (primary N) is 1. The number of ether oxygens (including phenoxy) is 2. The SMILES string of the molecule is Cc1nn(C)c(C)c1CC(C)C(=O)Nc1cc2c(cc1N)OCO2.Cl.Cl. The molecule has 1 unspecified atom stereocenters. The smallest absolute Gasteiger partial charge is 0.231 e. The third kappa shape index (κ3) is 4.16. The Kier molecular flexibility index (Phi) is 7.17. The number of carbonyl (C=O) groups is 1. The predicted molar refractivity (Wildman–Crippen MR) is 106 cm³/mol. The molecule has 1 aromatic carbocycles. The van der Waals surface area contributed by atoms with Gasteiger partial charge in [0, 0.05) is 30.8 Å². The predicted octanol–water partition coefficient (Wildman–Crippen LogP) is 3.01. The molecule has 1 atom stereocenters. The first-order valence-electron chi connectivity index (χ1n) is 7.86. The molecule has 0 radical (unpaired) electrons. The standard InChI is InChI=1S/C17H22N4O3.2ClH/c1-9(5-12-10(2)20-21(4)11(12)3)17(22)19-14-7-16-15(6-13(14)18)23-8-24-16;;/h6-7,9H,5,8,18H2,1-4H3,(H,19,22);2*1H. The van der Waals surface area contributed by atoms with Crippen LogP contribution in [0.1, 0.15) is 23.9 Å². The van der Waals surface area contributed by atoms with Crippen LogP contribution in [0.2, 0.25) is 0 Å². The highest BCUT2D eigenvalue weighted by Gasteiger charge is 2.21. The Morgan fingerprint density at radius 1 is 1.31 bits per heavy atom. The van der Waals surface area contributed by atoms with E-state index in [1.807, 2.05) is 32.5 Å². The van der Waals surface area contributed by atoms with Crippen molar-refractivity contribution in [2.75, 3.05) is 17.8 Å². The Bertz CT molecular complexity index is 808. The first-order chi connectivity index (χ1) is 11.4. The zero-order valence-corrected chi connectivity index (χ0v) is 16.8. The molecule has 3 rings (SSSR count). The molecule has 144 valence electrons. The van der Waals surface area contributed by atoms with E-state index in [4.69, 9.17) is 15.2 Å². The second kappa shape index (κ2) is 8.51. The van der Waals surface area contributed by atoms with Gasteiger partial charge in [0.1, 0.15) is 0 Å². The maximum Gasteiger partial charge on any atom is 0.231 e. The number of halogens is 2. The van der Waals surface area contributed by atoms with Gasteiger partial charge < -0.3 is 20.5 Å². The molecule has 0 fully saturated rings. The highest BCUT2D eigenvalue weighted by molar-refractivity contribution is 5.96. The Morgan fingerprint density at radius 3 is 2.50 bits per heavy atom. The summed E-state index contributed by atoms with van der Waals surface area (Å²) in [5.41, 5.74) is 10.1. The minimum Gasteiger partial charge on any atom is -0.454 e. The van der Waals surface area contributed by atoms with Gasteiger partial charge in [0.25, 0.3) is 0 Å². The molecule has 0 saturated heterocycles. The molecule has 0 saturated carbocycles. The van der Waals surface area contributed by atoms with Crippen LogP contribution in [0.5, 0.6) is 11.5 Å². The molecular formula is C17H24Cl2N4O3. The lowest BCUT2D eigenvalue weighted by atomic mass is 9.98. The number of nitrogen functional groups attached to an aromatic ring is 1. The molecule has 1 amide bonds. The molecule has 1 aliphatic rings. The number of aromatic nitrogens is 2. The lowest BCUT2D eigenvalue weighted by molar-refractivity contribution is -0.119. The van der Waals surface area contributed by atoms with E-state index in [9.17, 15) is 4.79 Å². The molecule has 0 aliphatic carbocycles. The molecule has 9 heteroatoms. The quantitative estimate of drug-likeness (QED) is 0.766. The zero-order valence-electron chi connectivity index (χ0n) is 15.2. The number of amides is 1. The Morgan fingerprint density at radius 2 is 1.92 bits per heavy atom. The van der Waals surface area contributed by atoms with Gasteiger partial charge >= 0.3 is 0 Å². The summed E-state index contributed by atoms with van der Waals surface area (Å²) in [6.07, 6.45) is 0.627. The highest BCUT2D eigenvalue weighted by Crippen LogP contribution is 2.38. The summed E-state index contributed by atoms with van der Waals surface area (Å²) >= 11 is 0. The number of rotatable bonds is 4. The number of nitrogens with zero attached hydrogens (tertiary/aromatic N) is 2. The number of nitrogens with one attached hydrogen (secondary N) is 1. The summed E-state index contributed by atoms with van der Waals surface area (Å²) in [6, 6.07) is 3.36. The van der Waals surface area contributed by atoms with Gasteiger partial charge in [-0.15, -0.1) is 24.8 Å². The van der Waals surface area contributed by atoms with Crippen LogP contribution in [0.3, 0.4) is 0 Å². The maximum atomic E-state index is 12.5. The van der Waals surface area contributed by atoms with Gasteiger partial charge in [-0.25, -0.2) is 0 Å². The number of aryl methyl sites for hydroxylation is 2. The van der Waals surface area contributed by atoms with Crippen LogP contribution in [0.25, 0.3) is 0 Å². The molecule has 26 heavy (non-hydrogen) atoms. The Labute approximate surface area is 165 Å². The largest absolute Gasteiger partial charge is 0.454 e. The van der Waals surface area contributed by atoms with Crippen LogP contribution in [0.4, 0.5) is 11.4 Å². The first-order valence-corrected chi connectivity index (χ1v) is 7.86. The van der Waals surface area contributed by atoms with E-state index in [0.717, 1.165) is 17.0 Å². The van der Waals surface area contributed by atoms with E-state index >= 15 is 0 Å². The molecule has 1 aliphatic heterocycles. The Hall–Kier alpha value is -2.12. The number of benzene rings is 1. The molecule has 2 aromatic rings. The van der Waals surface area contributed by atoms with Gasteiger partial charge in [-0.2, -0.15) is 5.10 Å². The van der Waals surface area contributed by atoms with Crippen LogP contribution in [0.15, 0.2) is 12.1 Å². The third-order valence-corrected chi connectivity index (χ3v) is 4.42. The van der Waals surface area contributed by atoms with Crippen molar-refractivity contribution in [3.05, 3.63) is 29.1 Å². The zero-order chi connectivity index (χ0) is 17.4. The second-order valence-electron chi connectivity index (χ2n) is 6.16. The van der Waals surface area contributed by atoms with Gasteiger partial charge in [-0.05, 0) is 25.8 Å². The van der Waals surface area contributed by atoms with Crippen molar-refractivity contribution in [1.82, 2.24) is 9.78 Å². The fraction of sp³-hybridized carbons (Fsp3) is 0.412. The van der Waals surface area contributed by atoms with Crippen molar-refractivity contribution in [2.45, 2.75) is 27.2 Å². The minimum absolute atomic E-state index is 0. The molecule has 0 spiro atoms. The van der Waals surface area contributed by atoms with E-state index in [-0.39, 0.29) is 43.4 Å². The van der Waals surface area contributed by atoms with Crippen molar-refractivity contribution in [3.63, 3.8) is 0 Å². The van der Waals surface area contributed by atoms with E-state index in [1.165, 1.54) is 0 Å². The van der Waals surface area contributed by atoms with Crippen molar-refractivity contribution in [1.29, 1.82) is 0 Å². The minimum atomic E-state index is -0.212. The van der Waals surface area contributed by atoms with Crippen LogP contribution < -0.4 is 20.5 Å². The average Bonchev–Trinajstić information content (AvgIpc) is 3.06. The average molecular weight is 403 g/mol. The third-order valence-electron chi connectivity index (χ3n) is 4.42. The van der Waals surface area contributed by atoms with Gasteiger partial charge in [0.05, 0.1) is 17.1 Å². The number of hydrogen-bond donors (Lipinski definition) is 2. The van der Waals surface area contributed by atoms with Crippen molar-refractivity contribution in [3.8, 4) is 11.5 Å².